The number of aliphatic hydroxyl groups is 1. The Bertz CT molecular complexity index is 433. The lowest BCUT2D eigenvalue weighted by atomic mass is 10.0. The molecule has 2 rings (SSSR count). The largest absolute Gasteiger partial charge is 0.391 e. The van der Waals surface area contributed by atoms with Crippen molar-refractivity contribution in [2.45, 2.75) is 25.9 Å². The molecular formula is C13H16INO2. The molecule has 17 heavy (non-hydrogen) atoms. The van der Waals surface area contributed by atoms with Crippen molar-refractivity contribution >= 4 is 28.5 Å². The number of hydrogen-bond acceptors (Lipinski definition) is 2. The van der Waals surface area contributed by atoms with E-state index in [0.717, 1.165) is 34.1 Å². The smallest absolute Gasteiger partial charge is 0.254 e. The van der Waals surface area contributed by atoms with Gasteiger partial charge in [0, 0.05) is 22.2 Å². The Labute approximate surface area is 115 Å². The number of halogens is 1. The Hall–Kier alpha value is -0.620. The van der Waals surface area contributed by atoms with Gasteiger partial charge in [0.15, 0.2) is 0 Å². The van der Waals surface area contributed by atoms with E-state index in [1.165, 1.54) is 0 Å². The fourth-order valence-electron chi connectivity index (χ4n) is 2.15. The zero-order valence-corrected chi connectivity index (χ0v) is 12.0. The summed E-state index contributed by atoms with van der Waals surface area (Å²) in [5, 5.41) is 9.60. The average Bonchev–Trinajstić information content (AvgIpc) is 2.32. The summed E-state index contributed by atoms with van der Waals surface area (Å²) in [6, 6.07) is 5.76. The van der Waals surface area contributed by atoms with E-state index >= 15 is 0 Å². The number of piperidine rings is 1. The number of amides is 1. The second-order valence-corrected chi connectivity index (χ2v) is 5.62. The normalized spacial score (nSPS) is 20.4. The summed E-state index contributed by atoms with van der Waals surface area (Å²) >= 11 is 2.24. The van der Waals surface area contributed by atoms with Gasteiger partial charge in [-0.3, -0.25) is 4.79 Å². The molecule has 1 N–H and O–H groups in total. The van der Waals surface area contributed by atoms with Gasteiger partial charge in [-0.15, -0.1) is 0 Å². The van der Waals surface area contributed by atoms with Gasteiger partial charge >= 0.3 is 0 Å². The molecule has 0 spiro atoms. The highest BCUT2D eigenvalue weighted by Crippen LogP contribution is 2.19. The molecule has 0 aromatic heterocycles. The molecule has 1 atom stereocenters. The zero-order chi connectivity index (χ0) is 12.4. The SMILES string of the molecule is Cc1c(I)cccc1C(=O)N1CCCC(O)C1. The predicted molar refractivity (Wildman–Crippen MR) is 75.0 cm³/mol. The Morgan fingerprint density at radius 1 is 1.53 bits per heavy atom. The minimum Gasteiger partial charge on any atom is -0.391 e. The van der Waals surface area contributed by atoms with Crippen LogP contribution in [-0.4, -0.2) is 35.1 Å². The number of aliphatic hydroxyl groups excluding tert-OH is 1. The van der Waals surface area contributed by atoms with Crippen LogP contribution in [0.5, 0.6) is 0 Å². The highest BCUT2D eigenvalue weighted by molar-refractivity contribution is 14.1. The first kappa shape index (κ1) is 12.8. The second-order valence-electron chi connectivity index (χ2n) is 4.46. The molecular weight excluding hydrogens is 329 g/mol. The summed E-state index contributed by atoms with van der Waals surface area (Å²) in [7, 11) is 0. The first-order valence-electron chi connectivity index (χ1n) is 5.82. The number of carbonyl (C=O) groups excluding carboxylic acids is 1. The number of benzene rings is 1. The average molecular weight is 345 g/mol. The molecule has 1 fully saturated rings. The molecule has 1 saturated heterocycles. The number of nitrogens with zero attached hydrogens (tertiary/aromatic N) is 1. The van der Waals surface area contributed by atoms with E-state index in [4.69, 9.17) is 0 Å². The highest BCUT2D eigenvalue weighted by Gasteiger charge is 2.24. The van der Waals surface area contributed by atoms with Crippen LogP contribution in [0, 0.1) is 10.5 Å². The fourth-order valence-corrected chi connectivity index (χ4v) is 2.65. The Morgan fingerprint density at radius 2 is 2.29 bits per heavy atom. The molecule has 1 aliphatic rings. The van der Waals surface area contributed by atoms with Gasteiger partial charge in [-0.25, -0.2) is 0 Å². The first-order valence-corrected chi connectivity index (χ1v) is 6.90. The summed E-state index contributed by atoms with van der Waals surface area (Å²) < 4.78 is 1.10. The number of likely N-dealkylation sites (tertiary alicyclic amines) is 1. The molecule has 1 heterocycles. The van der Waals surface area contributed by atoms with Gasteiger partial charge < -0.3 is 10.0 Å². The lowest BCUT2D eigenvalue weighted by molar-refractivity contribution is 0.0473. The van der Waals surface area contributed by atoms with E-state index in [9.17, 15) is 9.90 Å². The van der Waals surface area contributed by atoms with Gasteiger partial charge in [0.2, 0.25) is 0 Å². The third-order valence-corrected chi connectivity index (χ3v) is 4.35. The molecule has 1 aromatic carbocycles. The van der Waals surface area contributed by atoms with Crippen LogP contribution in [0.1, 0.15) is 28.8 Å². The lowest BCUT2D eigenvalue weighted by Gasteiger charge is -2.30. The molecule has 1 amide bonds. The summed E-state index contributed by atoms with van der Waals surface area (Å²) in [5.41, 5.74) is 1.78. The standard InChI is InChI=1S/C13H16INO2/c1-9-11(5-2-6-12(9)14)13(17)15-7-3-4-10(16)8-15/h2,5-6,10,16H,3-4,7-8H2,1H3. The van der Waals surface area contributed by atoms with Gasteiger partial charge in [-0.1, -0.05) is 6.07 Å². The van der Waals surface area contributed by atoms with Crippen LogP contribution >= 0.6 is 22.6 Å². The van der Waals surface area contributed by atoms with Gasteiger partial charge in [0.05, 0.1) is 6.10 Å². The monoisotopic (exact) mass is 345 g/mol. The third kappa shape index (κ3) is 2.80. The van der Waals surface area contributed by atoms with Crippen molar-refractivity contribution in [1.29, 1.82) is 0 Å². The summed E-state index contributed by atoms with van der Waals surface area (Å²) in [5.74, 6) is 0.0415. The van der Waals surface area contributed by atoms with Crippen molar-refractivity contribution in [3.05, 3.63) is 32.9 Å². The fraction of sp³-hybridized carbons (Fsp3) is 0.462. The van der Waals surface area contributed by atoms with Crippen LogP contribution in [0.2, 0.25) is 0 Å². The van der Waals surface area contributed by atoms with Crippen LogP contribution < -0.4 is 0 Å². The minimum atomic E-state index is -0.365. The molecule has 1 aliphatic heterocycles. The van der Waals surface area contributed by atoms with Crippen molar-refractivity contribution in [3.8, 4) is 0 Å². The Morgan fingerprint density at radius 3 is 3.00 bits per heavy atom. The maximum Gasteiger partial charge on any atom is 0.254 e. The van der Waals surface area contributed by atoms with Crippen molar-refractivity contribution in [2.24, 2.45) is 0 Å². The number of rotatable bonds is 1. The van der Waals surface area contributed by atoms with E-state index in [2.05, 4.69) is 22.6 Å². The molecule has 3 nitrogen and oxygen atoms in total. The first-order chi connectivity index (χ1) is 8.09. The number of β-amino-alcohol motifs (C(OH)–C–C–N with tert-alkyl or cyclic N) is 1. The van der Waals surface area contributed by atoms with Crippen molar-refractivity contribution in [3.63, 3.8) is 0 Å². The molecule has 92 valence electrons. The highest BCUT2D eigenvalue weighted by atomic mass is 127. The number of carbonyl (C=O) groups is 1. The van der Waals surface area contributed by atoms with Crippen LogP contribution in [0.25, 0.3) is 0 Å². The molecule has 0 bridgehead atoms. The summed E-state index contributed by atoms with van der Waals surface area (Å²) in [6.07, 6.45) is 1.32. The van der Waals surface area contributed by atoms with Crippen molar-refractivity contribution in [2.75, 3.05) is 13.1 Å². The molecule has 0 aliphatic carbocycles. The maximum atomic E-state index is 12.3. The third-order valence-electron chi connectivity index (χ3n) is 3.18. The van der Waals surface area contributed by atoms with Crippen molar-refractivity contribution < 1.29 is 9.90 Å². The molecule has 0 radical (unpaired) electrons. The molecule has 1 unspecified atom stereocenters. The molecule has 0 saturated carbocycles. The van der Waals surface area contributed by atoms with Crippen LogP contribution in [0.15, 0.2) is 18.2 Å². The van der Waals surface area contributed by atoms with E-state index in [-0.39, 0.29) is 12.0 Å². The summed E-state index contributed by atoms with van der Waals surface area (Å²) in [6.45, 7) is 3.18. The number of hydrogen-bond donors (Lipinski definition) is 1. The van der Waals surface area contributed by atoms with E-state index in [0.29, 0.717) is 6.54 Å². The lowest BCUT2D eigenvalue weighted by Crippen LogP contribution is -2.42. The van der Waals surface area contributed by atoms with Crippen LogP contribution in [0.4, 0.5) is 0 Å². The predicted octanol–water partition coefficient (Wildman–Crippen LogP) is 2.20. The topological polar surface area (TPSA) is 40.5 Å². The second kappa shape index (κ2) is 5.35. The quantitative estimate of drug-likeness (QED) is 0.793. The molecule has 4 heteroatoms. The van der Waals surface area contributed by atoms with Gasteiger partial charge in [0.25, 0.3) is 5.91 Å². The van der Waals surface area contributed by atoms with E-state index < -0.39 is 0 Å². The van der Waals surface area contributed by atoms with E-state index in [1.807, 2.05) is 25.1 Å². The zero-order valence-electron chi connectivity index (χ0n) is 9.82. The van der Waals surface area contributed by atoms with E-state index in [1.54, 1.807) is 4.90 Å². The maximum absolute atomic E-state index is 12.3. The Kier molecular flexibility index (Phi) is 4.04. The Balaban J connectivity index is 2.22. The van der Waals surface area contributed by atoms with Crippen molar-refractivity contribution in [1.82, 2.24) is 4.90 Å². The molecule has 1 aromatic rings. The van der Waals surface area contributed by atoms with Crippen LogP contribution in [0.3, 0.4) is 0 Å². The van der Waals surface area contributed by atoms with Gasteiger partial charge in [0.1, 0.15) is 0 Å². The van der Waals surface area contributed by atoms with Gasteiger partial charge in [-0.05, 0) is 60.1 Å². The minimum absolute atomic E-state index is 0.0415. The van der Waals surface area contributed by atoms with Crippen LogP contribution in [-0.2, 0) is 0 Å². The van der Waals surface area contributed by atoms with Gasteiger partial charge in [-0.2, -0.15) is 0 Å². The summed E-state index contributed by atoms with van der Waals surface area (Å²) in [4.78, 5) is 14.1.